The Balaban J connectivity index is 0.00000533. The van der Waals surface area contributed by atoms with Gasteiger partial charge in [-0.25, -0.2) is 9.59 Å². The van der Waals surface area contributed by atoms with E-state index in [4.69, 9.17) is 9.47 Å². The van der Waals surface area contributed by atoms with Crippen LogP contribution in [0.25, 0.3) is 22.3 Å². The number of carbonyl (C=O) groups excluding carboxylic acids is 2. The van der Waals surface area contributed by atoms with Gasteiger partial charge in [-0.05, 0) is 41.7 Å². The molecule has 9 heteroatoms. The van der Waals surface area contributed by atoms with Gasteiger partial charge in [0.2, 0.25) is 0 Å². The summed E-state index contributed by atoms with van der Waals surface area (Å²) in [5, 5.41) is 3.73. The van der Waals surface area contributed by atoms with E-state index < -0.39 is 17.9 Å². The van der Waals surface area contributed by atoms with Crippen molar-refractivity contribution in [3.05, 3.63) is 168 Å². The van der Waals surface area contributed by atoms with E-state index in [1.165, 1.54) is 89.9 Å². The Morgan fingerprint density at radius 2 is 0.757 bits per heavy atom. The molecule has 0 unspecified atom stereocenters. The molecule has 5 aromatic rings. The smallest absolute Gasteiger partial charge is 0.337 e. The monoisotopic (exact) mass is 1080 g/mol. The zero-order chi connectivity index (χ0) is 47.4. The molecule has 6 rings (SSSR count). The van der Waals surface area contributed by atoms with Crippen LogP contribution in [0.5, 0.6) is 0 Å². The second kappa shape index (κ2) is 33.7. The molecule has 2 aromatic heterocycles. The van der Waals surface area contributed by atoms with Gasteiger partial charge in [-0.3, -0.25) is 0 Å². The lowest BCUT2D eigenvalue weighted by Crippen LogP contribution is -3.00. The molecule has 70 heavy (non-hydrogen) atoms. The molecule has 1 aliphatic heterocycles. The summed E-state index contributed by atoms with van der Waals surface area (Å²) in [5.41, 5.74) is 7.46. The minimum Gasteiger partial charge on any atom is -1.00 e. The number of hydrogen-bond donors (Lipinski definition) is 1. The molecule has 0 bridgehead atoms. The number of rotatable bonds is 31. The van der Waals surface area contributed by atoms with E-state index in [1.54, 1.807) is 0 Å². The fourth-order valence-corrected chi connectivity index (χ4v) is 9.39. The van der Waals surface area contributed by atoms with Crippen LogP contribution in [0, 0.1) is 0 Å². The van der Waals surface area contributed by atoms with E-state index in [0.717, 1.165) is 66.3 Å². The van der Waals surface area contributed by atoms with Crippen LogP contribution in [0.3, 0.4) is 0 Å². The van der Waals surface area contributed by atoms with Gasteiger partial charge in [0.15, 0.2) is 37.9 Å². The molecule has 0 aliphatic carbocycles. The topological polar surface area (TPSA) is 72.4 Å². The summed E-state index contributed by atoms with van der Waals surface area (Å²) in [5.74, 6) is -1.54. The summed E-state index contributed by atoms with van der Waals surface area (Å²) >= 11 is 0. The van der Waals surface area contributed by atoms with Crippen LogP contribution in [0.15, 0.2) is 163 Å². The largest absolute Gasteiger partial charge is 1.00 e. The Morgan fingerprint density at radius 3 is 1.13 bits per heavy atom. The molecule has 376 valence electrons. The van der Waals surface area contributed by atoms with E-state index in [-0.39, 0.29) is 34.0 Å². The maximum Gasteiger partial charge on any atom is 0.337 e. The number of halogens is 2. The van der Waals surface area contributed by atoms with Gasteiger partial charge in [0, 0.05) is 23.3 Å². The number of benzene rings is 3. The molecule has 3 aromatic carbocycles. The van der Waals surface area contributed by atoms with Gasteiger partial charge in [-0.2, -0.15) is 9.13 Å². The molecule has 0 radical (unpaired) electrons. The number of pyridine rings is 2. The van der Waals surface area contributed by atoms with Crippen molar-refractivity contribution >= 4 is 11.9 Å². The first-order valence-corrected chi connectivity index (χ1v) is 26.3. The van der Waals surface area contributed by atoms with E-state index in [0.29, 0.717) is 48.8 Å². The molecule has 0 fully saturated rings. The van der Waals surface area contributed by atoms with Crippen LogP contribution in [0.1, 0.15) is 154 Å². The Morgan fingerprint density at radius 1 is 0.429 bits per heavy atom. The molecule has 1 aliphatic rings. The third kappa shape index (κ3) is 19.0. The lowest BCUT2D eigenvalue weighted by molar-refractivity contribution is -0.691. The molecule has 0 spiro atoms. The highest BCUT2D eigenvalue weighted by molar-refractivity contribution is 6.00. The van der Waals surface area contributed by atoms with Gasteiger partial charge in [-0.1, -0.05) is 220 Å². The van der Waals surface area contributed by atoms with Crippen molar-refractivity contribution in [2.24, 2.45) is 0 Å². The Bertz CT molecular complexity index is 2180. The molecular weight excluding hydrogens is 998 g/mol. The summed E-state index contributed by atoms with van der Waals surface area (Å²) in [6, 6.07) is 38.9. The first-order chi connectivity index (χ1) is 33.6. The number of dihydropyridines is 1. The fraction of sp³-hybridized carbons (Fsp3) is 0.443. The number of unbranched alkanes of at least 4 members (excludes halogenated alkanes) is 18. The van der Waals surface area contributed by atoms with Crippen LogP contribution in [0.2, 0.25) is 0 Å². The number of aromatic nitrogens is 2. The first kappa shape index (κ1) is 57.7. The Hall–Kier alpha value is -4.86. The third-order valence-corrected chi connectivity index (χ3v) is 13.2. The average molecular weight is 1080 g/mol. The minimum atomic E-state index is -0.723. The van der Waals surface area contributed by atoms with Crippen molar-refractivity contribution in [1.29, 1.82) is 0 Å². The van der Waals surface area contributed by atoms with Gasteiger partial charge in [0.05, 0.1) is 41.7 Å². The Labute approximate surface area is 441 Å². The summed E-state index contributed by atoms with van der Waals surface area (Å²) in [6.45, 7) is 5.86. The normalized spacial score (nSPS) is 12.5. The predicted octanol–water partition coefficient (Wildman–Crippen LogP) is 8.13. The lowest BCUT2D eigenvalue weighted by Gasteiger charge is -2.31. The number of nitrogens with one attached hydrogen (secondary N) is 1. The van der Waals surface area contributed by atoms with Crippen molar-refractivity contribution in [3.63, 3.8) is 0 Å². The second-order valence-corrected chi connectivity index (χ2v) is 18.7. The number of allylic oxidation sites excluding steroid dienone is 2. The van der Waals surface area contributed by atoms with Crippen molar-refractivity contribution in [2.45, 2.75) is 161 Å². The van der Waals surface area contributed by atoms with Crippen LogP contribution >= 0.6 is 0 Å². The number of esters is 2. The van der Waals surface area contributed by atoms with Crippen LogP contribution in [-0.4, -0.2) is 25.2 Å². The molecule has 7 nitrogen and oxygen atoms in total. The molecule has 0 atom stereocenters. The minimum absolute atomic E-state index is 0. The maximum atomic E-state index is 14.9. The summed E-state index contributed by atoms with van der Waals surface area (Å²) < 4.78 is 16.7. The first-order valence-electron chi connectivity index (χ1n) is 26.3. The maximum absolute atomic E-state index is 14.9. The number of ether oxygens (including phenoxy) is 2. The predicted molar refractivity (Wildman–Crippen MR) is 276 cm³/mol. The highest BCUT2D eigenvalue weighted by Gasteiger charge is 2.42. The molecule has 0 saturated heterocycles. The highest BCUT2D eigenvalue weighted by atomic mass is 79.9. The van der Waals surface area contributed by atoms with Gasteiger partial charge in [0.1, 0.15) is 0 Å². The zero-order valence-electron chi connectivity index (χ0n) is 42.1. The van der Waals surface area contributed by atoms with Crippen molar-refractivity contribution in [1.82, 2.24) is 5.32 Å². The van der Waals surface area contributed by atoms with Gasteiger partial charge >= 0.3 is 11.9 Å². The van der Waals surface area contributed by atoms with Crippen LogP contribution < -0.4 is 48.4 Å². The second-order valence-electron chi connectivity index (χ2n) is 18.7. The zero-order valence-corrected chi connectivity index (χ0v) is 45.3. The molecule has 0 amide bonds. The van der Waals surface area contributed by atoms with E-state index in [1.807, 2.05) is 91.3 Å². The van der Waals surface area contributed by atoms with Crippen molar-refractivity contribution in [3.8, 4) is 22.3 Å². The molecule has 1 N–H and O–H groups in total. The lowest BCUT2D eigenvalue weighted by atomic mass is 9.80. The van der Waals surface area contributed by atoms with Crippen LogP contribution in [0.4, 0.5) is 0 Å². The standard InChI is InChI=1S/C61H78N3O4.2BrH/c1-3-5-7-9-11-13-15-17-19-30-44-67-60(65)58-55(48-63-42-32-40-53(46-63)50-34-24-21-25-35-50)62-56(49-64-43-33-41-54(47-64)51-36-26-22-27-37-51)59(57(58)52-38-28-23-29-39-52)61(66)68-45-31-20-18-16-14-12-10-8-6-4-2;;/h21-29,32-43,46-47,57H,3-20,30-31,44-45,48-49H2,1-2H3;2*1H/q+1;;/p-1. The van der Waals surface area contributed by atoms with Gasteiger partial charge in [-0.15, -0.1) is 0 Å². The van der Waals surface area contributed by atoms with Crippen molar-refractivity contribution < 1.29 is 62.2 Å². The van der Waals surface area contributed by atoms with Crippen LogP contribution in [-0.2, 0) is 32.2 Å². The fourth-order valence-electron chi connectivity index (χ4n) is 9.39. The highest BCUT2D eigenvalue weighted by Crippen LogP contribution is 2.40. The van der Waals surface area contributed by atoms with E-state index in [9.17, 15) is 9.59 Å². The number of hydrogen-bond acceptors (Lipinski definition) is 5. The molecule has 3 heterocycles. The van der Waals surface area contributed by atoms with Gasteiger partial charge < -0.3 is 48.8 Å². The average Bonchev–Trinajstić information content (AvgIpc) is 3.38. The molecule has 0 saturated carbocycles. The summed E-state index contributed by atoms with van der Waals surface area (Å²) in [7, 11) is 0. The van der Waals surface area contributed by atoms with E-state index >= 15 is 0 Å². The SMILES string of the molecule is CCCCCCCCCCCCOC(=O)C1=C(C[n+]2cccc(-c3ccccc3)c2)NC(C[n+]2cccc(-c3ccccc3)c2)=C(C(=O)OCCCCCCCCCCCC)C1c1ccccc1.[Br-].[Br-]. The molecular formula is C61H79Br2N3O4. The number of nitrogens with zero attached hydrogens (tertiary/aromatic N) is 2. The van der Waals surface area contributed by atoms with Crippen molar-refractivity contribution in [2.75, 3.05) is 13.2 Å². The number of carbonyl (C=O) groups is 2. The third-order valence-electron chi connectivity index (χ3n) is 13.2. The summed E-state index contributed by atoms with van der Waals surface area (Å²) in [6.07, 6.45) is 32.2. The quantitative estimate of drug-likeness (QED) is 0.0276. The Kier molecular flexibility index (Phi) is 27.8. The van der Waals surface area contributed by atoms with Gasteiger partial charge in [0.25, 0.3) is 0 Å². The van der Waals surface area contributed by atoms with E-state index in [2.05, 4.69) is 77.1 Å². The summed E-state index contributed by atoms with van der Waals surface area (Å²) in [4.78, 5) is 29.8.